The zero-order chi connectivity index (χ0) is 25.4. The number of nitrogens with zero attached hydrogens (tertiary/aromatic N) is 6. The minimum Gasteiger partial charge on any atom is -0.434 e. The largest absolute Gasteiger partial charge is 0.508 e. The van der Waals surface area contributed by atoms with Crippen LogP contribution in [0.2, 0.25) is 0 Å². The third-order valence-electron chi connectivity index (χ3n) is 5.52. The van der Waals surface area contributed by atoms with Crippen LogP contribution in [0, 0.1) is 17.2 Å². The highest BCUT2D eigenvalue weighted by atomic mass is 16.8. The molecule has 0 amide bonds. The van der Waals surface area contributed by atoms with Gasteiger partial charge in [-0.25, -0.2) is 19.3 Å². The number of rotatable bonds is 7. The predicted octanol–water partition coefficient (Wildman–Crippen LogP) is 2.61. The first kappa shape index (κ1) is 24.8. The van der Waals surface area contributed by atoms with Gasteiger partial charge in [0.2, 0.25) is 5.60 Å². The Morgan fingerprint density at radius 1 is 1.31 bits per heavy atom. The molecule has 4 rings (SSSR count). The molecule has 2 saturated heterocycles. The molecule has 4 heterocycles. The zero-order valence-electron chi connectivity index (χ0n) is 20.7. The lowest BCUT2D eigenvalue weighted by atomic mass is 9.96. The van der Waals surface area contributed by atoms with Gasteiger partial charge in [0.05, 0.1) is 18.6 Å². The van der Waals surface area contributed by atoms with E-state index in [2.05, 4.69) is 21.1 Å². The molecule has 2 aromatic heterocycles. The third-order valence-corrected chi connectivity index (χ3v) is 5.52. The number of aromatic nitrogens is 3. The van der Waals surface area contributed by atoms with Crippen LogP contribution in [0.15, 0.2) is 23.5 Å². The fourth-order valence-corrected chi connectivity index (χ4v) is 4.07. The molecule has 35 heavy (non-hydrogen) atoms. The molecule has 0 radical (unpaired) electrons. The molecule has 0 N–H and O–H groups in total. The van der Waals surface area contributed by atoms with Gasteiger partial charge in [-0.15, -0.1) is 0 Å². The molecule has 0 spiro atoms. The van der Waals surface area contributed by atoms with E-state index in [9.17, 15) is 10.1 Å². The smallest absolute Gasteiger partial charge is 0.434 e. The lowest BCUT2D eigenvalue weighted by Crippen LogP contribution is -2.46. The quantitative estimate of drug-likeness (QED) is 0.327. The van der Waals surface area contributed by atoms with E-state index in [4.69, 9.17) is 23.7 Å². The van der Waals surface area contributed by atoms with E-state index in [0.717, 1.165) is 0 Å². The molecule has 2 aliphatic rings. The molecule has 188 valence electrons. The second-order valence-electron chi connectivity index (χ2n) is 9.65. The summed E-state index contributed by atoms with van der Waals surface area (Å²) in [6, 6.07) is 5.80. The van der Waals surface area contributed by atoms with Gasteiger partial charge in [-0.1, -0.05) is 13.8 Å². The molecule has 4 atom stereocenters. The average molecular weight is 487 g/mol. The summed E-state index contributed by atoms with van der Waals surface area (Å²) >= 11 is 0. The second kappa shape index (κ2) is 9.41. The van der Waals surface area contributed by atoms with Gasteiger partial charge in [0, 0.05) is 14.1 Å². The van der Waals surface area contributed by atoms with Gasteiger partial charge < -0.3 is 28.6 Å². The topological polar surface area (TPSA) is 133 Å². The number of aliphatic imine (C=N–C) groups is 1. The van der Waals surface area contributed by atoms with Gasteiger partial charge in [0.1, 0.15) is 42.8 Å². The molecule has 0 unspecified atom stereocenters. The van der Waals surface area contributed by atoms with Crippen LogP contribution in [0.5, 0.6) is 0 Å². The Morgan fingerprint density at radius 2 is 2.09 bits per heavy atom. The fourth-order valence-electron chi connectivity index (χ4n) is 4.07. The minimum atomic E-state index is -1.61. The molecule has 0 bridgehead atoms. The summed E-state index contributed by atoms with van der Waals surface area (Å²) in [5, 5.41) is 14.5. The van der Waals surface area contributed by atoms with Gasteiger partial charge >= 0.3 is 6.16 Å². The molecule has 0 aromatic carbocycles. The van der Waals surface area contributed by atoms with Crippen molar-refractivity contribution >= 4 is 23.8 Å². The van der Waals surface area contributed by atoms with E-state index >= 15 is 0 Å². The number of fused-ring (bicyclic) bond motifs is 2. The maximum absolute atomic E-state index is 12.1. The first-order valence-electron chi connectivity index (χ1n) is 11.3. The number of ether oxygens (including phenoxy) is 5. The van der Waals surface area contributed by atoms with Gasteiger partial charge in [0.25, 0.3) is 0 Å². The van der Waals surface area contributed by atoms with Crippen LogP contribution < -0.4 is 0 Å². The highest BCUT2D eigenvalue weighted by Gasteiger charge is 2.65. The Balaban J connectivity index is 1.65. The van der Waals surface area contributed by atoms with E-state index in [1.54, 1.807) is 29.6 Å². The van der Waals surface area contributed by atoms with Crippen molar-refractivity contribution in [3.8, 4) is 6.07 Å². The Labute approximate surface area is 203 Å². The van der Waals surface area contributed by atoms with Crippen molar-refractivity contribution in [3.63, 3.8) is 0 Å². The van der Waals surface area contributed by atoms with E-state index in [1.807, 2.05) is 40.1 Å². The van der Waals surface area contributed by atoms with Crippen molar-refractivity contribution in [1.29, 1.82) is 5.26 Å². The number of hydrogen-bond acceptors (Lipinski definition) is 10. The fraction of sp³-hybridized carbons (Fsp3) is 0.609. The Hall–Kier alpha value is -3.27. The highest BCUT2D eigenvalue weighted by molar-refractivity contribution is 5.71. The van der Waals surface area contributed by atoms with Crippen LogP contribution in [0.1, 0.15) is 39.5 Å². The Morgan fingerprint density at radius 3 is 2.77 bits per heavy atom. The van der Waals surface area contributed by atoms with Gasteiger partial charge in [0.15, 0.2) is 11.6 Å². The van der Waals surface area contributed by atoms with Gasteiger partial charge in [-0.2, -0.15) is 10.4 Å². The van der Waals surface area contributed by atoms with Crippen molar-refractivity contribution in [1.82, 2.24) is 19.5 Å². The summed E-state index contributed by atoms with van der Waals surface area (Å²) in [7, 11) is 3.72. The van der Waals surface area contributed by atoms with Gasteiger partial charge in [-0.3, -0.25) is 0 Å². The third kappa shape index (κ3) is 4.93. The van der Waals surface area contributed by atoms with Crippen LogP contribution >= 0.6 is 0 Å². The molecule has 2 aliphatic heterocycles. The summed E-state index contributed by atoms with van der Waals surface area (Å²) in [5.74, 6) is -0.352. The van der Waals surface area contributed by atoms with Crippen molar-refractivity contribution in [3.05, 3.63) is 24.2 Å². The van der Waals surface area contributed by atoms with Crippen LogP contribution in [-0.2, 0) is 23.7 Å². The Kier molecular flexibility index (Phi) is 6.68. The molecule has 2 aromatic rings. The van der Waals surface area contributed by atoms with E-state index < -0.39 is 35.9 Å². The average Bonchev–Trinajstić information content (AvgIpc) is 3.45. The summed E-state index contributed by atoms with van der Waals surface area (Å²) in [6.45, 7) is 7.16. The molecule has 12 heteroatoms. The number of hydrogen-bond donors (Lipinski definition) is 0. The standard InChI is InChI=1S/C23H30N6O6/c1-14(2)9-31-21(30)32-11-23(10-24)19-18(33-22(3,4)35-19)17(34-23)15-7-8-16-20(26-13-28(5)6)25-12-27-29(15)16/h7-8,12-14,17-19H,9,11H2,1-6H3/t17-,18-,19-,23+/m0/s1. The number of carbonyl (C=O) groups excluding carboxylic acids is 1. The summed E-state index contributed by atoms with van der Waals surface area (Å²) in [5.41, 5.74) is -0.329. The normalized spacial score (nSPS) is 27.3. The van der Waals surface area contributed by atoms with Crippen molar-refractivity contribution < 1.29 is 28.5 Å². The molecule has 2 fully saturated rings. The molecule has 0 aliphatic carbocycles. The van der Waals surface area contributed by atoms with Crippen molar-refractivity contribution in [2.75, 3.05) is 27.3 Å². The predicted molar refractivity (Wildman–Crippen MR) is 123 cm³/mol. The highest BCUT2D eigenvalue weighted by Crippen LogP contribution is 2.50. The molecular formula is C23H30N6O6. The van der Waals surface area contributed by atoms with Crippen molar-refractivity contribution in [2.45, 2.75) is 57.4 Å². The minimum absolute atomic E-state index is 0.146. The van der Waals surface area contributed by atoms with E-state index in [0.29, 0.717) is 17.0 Å². The first-order chi connectivity index (χ1) is 16.5. The van der Waals surface area contributed by atoms with Crippen LogP contribution in [-0.4, -0.2) is 82.9 Å². The SMILES string of the molecule is CC(C)COC(=O)OC[C@@]1(C#N)O[C@@H](c2ccc3c(N=CN(C)C)ncnn23)[C@@H]2OC(C)(C)O[C@@H]21. The molecule has 12 nitrogen and oxygen atoms in total. The molecule has 0 saturated carbocycles. The monoisotopic (exact) mass is 486 g/mol. The first-order valence-corrected chi connectivity index (χ1v) is 11.3. The summed E-state index contributed by atoms with van der Waals surface area (Å²) < 4.78 is 30.5. The zero-order valence-corrected chi connectivity index (χ0v) is 20.7. The van der Waals surface area contributed by atoms with E-state index in [-0.39, 0.29) is 19.1 Å². The molecular weight excluding hydrogens is 456 g/mol. The number of carbonyl (C=O) groups is 1. The maximum Gasteiger partial charge on any atom is 0.508 e. The lowest BCUT2D eigenvalue weighted by Gasteiger charge is -2.28. The second-order valence-corrected chi connectivity index (χ2v) is 9.65. The van der Waals surface area contributed by atoms with Crippen LogP contribution in [0.25, 0.3) is 5.52 Å². The lowest BCUT2D eigenvalue weighted by molar-refractivity contribution is -0.205. The Bertz CT molecular complexity index is 1160. The summed E-state index contributed by atoms with van der Waals surface area (Å²) in [4.78, 5) is 22.5. The van der Waals surface area contributed by atoms with Crippen molar-refractivity contribution in [2.24, 2.45) is 10.9 Å². The maximum atomic E-state index is 12.1. The van der Waals surface area contributed by atoms with E-state index in [1.165, 1.54) is 6.33 Å². The van der Waals surface area contributed by atoms with Gasteiger partial charge in [-0.05, 0) is 31.9 Å². The van der Waals surface area contributed by atoms with Crippen LogP contribution in [0.4, 0.5) is 10.6 Å². The summed E-state index contributed by atoms with van der Waals surface area (Å²) in [6.07, 6.45) is -0.0405. The number of nitriles is 1. The van der Waals surface area contributed by atoms with Crippen LogP contribution in [0.3, 0.4) is 0 Å².